The highest BCUT2D eigenvalue weighted by atomic mass is 15.1. The Morgan fingerprint density at radius 1 is 0.415 bits per heavy atom. The summed E-state index contributed by atoms with van der Waals surface area (Å²) >= 11 is 0. The summed E-state index contributed by atoms with van der Waals surface area (Å²) in [5.41, 5.74) is 0. The highest BCUT2D eigenvalue weighted by Gasteiger charge is 2.15. The molecule has 0 aliphatic heterocycles. The summed E-state index contributed by atoms with van der Waals surface area (Å²) in [5, 5.41) is 0. The van der Waals surface area contributed by atoms with Gasteiger partial charge in [0.15, 0.2) is 0 Å². The lowest BCUT2D eigenvalue weighted by atomic mass is 10.0. The second kappa shape index (κ2) is 30.7. The zero-order valence-electron chi connectivity index (χ0n) is 28.9. The van der Waals surface area contributed by atoms with Crippen LogP contribution in [0.4, 0.5) is 0 Å². The second-order valence-electron chi connectivity index (χ2n) is 13.4. The van der Waals surface area contributed by atoms with Gasteiger partial charge in [0, 0.05) is 6.42 Å². The van der Waals surface area contributed by atoms with Crippen molar-refractivity contribution in [2.45, 2.75) is 233 Å². The monoisotopic (exact) mass is 574 g/mol. The molecule has 1 heterocycles. The molecular weight excluding hydrogens is 496 g/mol. The van der Waals surface area contributed by atoms with Gasteiger partial charge in [0.1, 0.15) is 12.4 Å². The first-order valence-electron chi connectivity index (χ1n) is 19.4. The zero-order valence-corrected chi connectivity index (χ0v) is 28.9. The fraction of sp³-hybridized carbons (Fsp3) is 0.923. The maximum atomic E-state index is 2.60. The topological polar surface area (TPSA) is 8.81 Å². The molecule has 0 aromatic carbocycles. The van der Waals surface area contributed by atoms with E-state index >= 15 is 0 Å². The van der Waals surface area contributed by atoms with Gasteiger partial charge in [-0.2, -0.15) is 0 Å². The van der Waals surface area contributed by atoms with Crippen LogP contribution in [0.25, 0.3) is 0 Å². The molecule has 2 nitrogen and oxygen atoms in total. The fourth-order valence-electron chi connectivity index (χ4n) is 6.56. The van der Waals surface area contributed by atoms with Crippen LogP contribution in [-0.2, 0) is 19.5 Å². The maximum Gasteiger partial charge on any atom is 0.256 e. The standard InChI is InChI=1S/C39H77N2/c1-4-7-9-11-13-15-17-19-20-21-22-23-24-26-28-30-32-34-39-40(35-6-3)37-38-41(39)36-33-31-29-27-25-18-16-14-12-10-8-5-2/h37-38H,4-36H2,1-3H3/q+1. The minimum absolute atomic E-state index is 1.18. The van der Waals surface area contributed by atoms with E-state index in [4.69, 9.17) is 0 Å². The second-order valence-corrected chi connectivity index (χ2v) is 13.4. The number of rotatable bonds is 33. The molecule has 1 rings (SSSR count). The highest BCUT2D eigenvalue weighted by Crippen LogP contribution is 2.16. The third-order valence-corrected chi connectivity index (χ3v) is 9.31. The molecule has 242 valence electrons. The van der Waals surface area contributed by atoms with Gasteiger partial charge >= 0.3 is 0 Å². The van der Waals surface area contributed by atoms with Crippen molar-refractivity contribution in [3.05, 3.63) is 18.2 Å². The number of unbranched alkanes of at least 4 members (excludes halogenated alkanes) is 27. The SMILES string of the molecule is CCCCCCCCCCCCCCCCCCCc1n(CCCCCCCCCCCCCC)cc[n+]1CCC. The molecule has 0 unspecified atom stereocenters. The van der Waals surface area contributed by atoms with E-state index in [0.717, 1.165) is 0 Å². The summed E-state index contributed by atoms with van der Waals surface area (Å²) in [7, 11) is 0. The van der Waals surface area contributed by atoms with E-state index in [2.05, 4.69) is 42.3 Å². The average Bonchev–Trinajstić information content (AvgIpc) is 3.36. The first-order valence-corrected chi connectivity index (χ1v) is 19.4. The predicted octanol–water partition coefficient (Wildman–Crippen LogP) is 13.1. The Morgan fingerprint density at radius 3 is 1.12 bits per heavy atom. The summed E-state index contributed by atoms with van der Waals surface area (Å²) in [6.07, 6.45) is 49.1. The van der Waals surface area contributed by atoms with Gasteiger partial charge in [-0.1, -0.05) is 188 Å². The van der Waals surface area contributed by atoms with Crippen LogP contribution < -0.4 is 4.57 Å². The molecule has 0 aliphatic carbocycles. The number of hydrogen-bond acceptors (Lipinski definition) is 0. The minimum Gasteiger partial charge on any atom is -0.234 e. The highest BCUT2D eigenvalue weighted by molar-refractivity contribution is 4.84. The van der Waals surface area contributed by atoms with E-state index in [-0.39, 0.29) is 0 Å². The molecule has 1 aromatic rings. The van der Waals surface area contributed by atoms with Crippen molar-refractivity contribution in [3.8, 4) is 0 Å². The van der Waals surface area contributed by atoms with E-state index < -0.39 is 0 Å². The van der Waals surface area contributed by atoms with Crippen molar-refractivity contribution in [2.24, 2.45) is 0 Å². The summed E-state index contributed by atoms with van der Waals surface area (Å²) in [6.45, 7) is 9.34. The van der Waals surface area contributed by atoms with Crippen molar-refractivity contribution >= 4 is 0 Å². The quantitative estimate of drug-likeness (QED) is 0.0584. The summed E-state index contributed by atoms with van der Waals surface area (Å²) < 4.78 is 5.14. The van der Waals surface area contributed by atoms with E-state index in [9.17, 15) is 0 Å². The van der Waals surface area contributed by atoms with Gasteiger partial charge in [0.25, 0.3) is 5.82 Å². The van der Waals surface area contributed by atoms with E-state index in [1.54, 1.807) is 5.82 Å². The third kappa shape index (κ3) is 23.4. The van der Waals surface area contributed by atoms with Gasteiger partial charge in [-0.05, 0) is 25.7 Å². The molecule has 0 N–H and O–H groups in total. The summed E-state index contributed by atoms with van der Waals surface area (Å²) in [5.74, 6) is 1.59. The van der Waals surface area contributed by atoms with Gasteiger partial charge in [-0.3, -0.25) is 0 Å². The number of hydrogen-bond donors (Lipinski definition) is 0. The van der Waals surface area contributed by atoms with Crippen LogP contribution in [0.15, 0.2) is 12.4 Å². The Bertz CT molecular complexity index is 634. The van der Waals surface area contributed by atoms with E-state index in [1.165, 1.54) is 212 Å². The van der Waals surface area contributed by atoms with Crippen LogP contribution in [0.5, 0.6) is 0 Å². The van der Waals surface area contributed by atoms with Crippen LogP contribution in [-0.4, -0.2) is 4.57 Å². The van der Waals surface area contributed by atoms with Gasteiger partial charge in [-0.15, -0.1) is 0 Å². The summed E-state index contributed by atoms with van der Waals surface area (Å²) in [6, 6.07) is 0. The Kier molecular flexibility index (Phi) is 28.6. The van der Waals surface area contributed by atoms with Crippen molar-refractivity contribution < 1.29 is 4.57 Å². The van der Waals surface area contributed by atoms with Crippen LogP contribution in [0, 0.1) is 0 Å². The van der Waals surface area contributed by atoms with Gasteiger partial charge in [0.05, 0.1) is 13.1 Å². The molecule has 0 amide bonds. The lowest BCUT2D eigenvalue weighted by molar-refractivity contribution is -0.703. The summed E-state index contributed by atoms with van der Waals surface area (Å²) in [4.78, 5) is 0. The molecule has 41 heavy (non-hydrogen) atoms. The lowest BCUT2D eigenvalue weighted by Gasteiger charge is -2.06. The molecule has 0 spiro atoms. The maximum absolute atomic E-state index is 2.60. The average molecular weight is 574 g/mol. The van der Waals surface area contributed by atoms with Crippen LogP contribution >= 0.6 is 0 Å². The first kappa shape index (κ1) is 38.2. The smallest absolute Gasteiger partial charge is 0.234 e. The molecule has 2 heteroatoms. The van der Waals surface area contributed by atoms with Crippen molar-refractivity contribution in [3.63, 3.8) is 0 Å². The Labute approximate surface area is 259 Å². The number of nitrogens with zero attached hydrogens (tertiary/aromatic N) is 2. The third-order valence-electron chi connectivity index (χ3n) is 9.31. The molecule has 0 saturated heterocycles. The number of aryl methyl sites for hydroxylation is 2. The van der Waals surface area contributed by atoms with Crippen LogP contribution in [0.2, 0.25) is 0 Å². The largest absolute Gasteiger partial charge is 0.256 e. The minimum atomic E-state index is 1.18. The molecule has 0 radical (unpaired) electrons. The van der Waals surface area contributed by atoms with Gasteiger partial charge in [0.2, 0.25) is 0 Å². The Balaban J connectivity index is 2.02. The van der Waals surface area contributed by atoms with Crippen molar-refractivity contribution in [2.75, 3.05) is 0 Å². The lowest BCUT2D eigenvalue weighted by Crippen LogP contribution is -2.37. The van der Waals surface area contributed by atoms with Gasteiger partial charge < -0.3 is 0 Å². The van der Waals surface area contributed by atoms with Crippen molar-refractivity contribution in [1.29, 1.82) is 0 Å². The number of imidazole rings is 1. The molecule has 0 bridgehead atoms. The molecule has 0 fully saturated rings. The van der Waals surface area contributed by atoms with E-state index in [0.29, 0.717) is 0 Å². The van der Waals surface area contributed by atoms with Crippen LogP contribution in [0.1, 0.15) is 219 Å². The predicted molar refractivity (Wildman–Crippen MR) is 184 cm³/mol. The molecule has 1 aromatic heterocycles. The Morgan fingerprint density at radius 2 is 0.756 bits per heavy atom. The molecule has 0 saturated carbocycles. The molecular formula is C39H77N2+. The number of aromatic nitrogens is 2. The Hall–Kier alpha value is -0.790. The van der Waals surface area contributed by atoms with Gasteiger partial charge in [-0.25, -0.2) is 9.13 Å². The zero-order chi connectivity index (χ0) is 29.5. The first-order chi connectivity index (χ1) is 20.3. The van der Waals surface area contributed by atoms with Crippen LogP contribution in [0.3, 0.4) is 0 Å². The molecule has 0 atom stereocenters. The normalized spacial score (nSPS) is 11.6. The fourth-order valence-corrected chi connectivity index (χ4v) is 6.56. The van der Waals surface area contributed by atoms with E-state index in [1.807, 2.05) is 0 Å². The molecule has 0 aliphatic rings. The van der Waals surface area contributed by atoms with Crippen molar-refractivity contribution in [1.82, 2.24) is 4.57 Å².